The Hall–Kier alpha value is -2.38. The molecule has 1 amide bonds. The molecule has 2 unspecified atom stereocenters. The summed E-state index contributed by atoms with van der Waals surface area (Å²) in [5, 5.41) is 6.07. The molecule has 0 spiro atoms. The van der Waals surface area contributed by atoms with Crippen molar-refractivity contribution in [3.8, 4) is 11.4 Å². The summed E-state index contributed by atoms with van der Waals surface area (Å²) in [6, 6.07) is 5.97. The van der Waals surface area contributed by atoms with E-state index in [0.717, 1.165) is 18.3 Å². The minimum atomic E-state index is -4.68. The van der Waals surface area contributed by atoms with Crippen LogP contribution in [0, 0.1) is 11.8 Å². The average Bonchev–Trinajstić information content (AvgIpc) is 3.37. The highest BCUT2D eigenvalue weighted by molar-refractivity contribution is 5.94. The van der Waals surface area contributed by atoms with E-state index in [2.05, 4.69) is 33.8 Å². The van der Waals surface area contributed by atoms with Gasteiger partial charge in [-0.1, -0.05) is 63.7 Å². The maximum Gasteiger partial charge on any atom is 0.471 e. The van der Waals surface area contributed by atoms with Crippen molar-refractivity contribution in [2.45, 2.75) is 72.0 Å². The van der Waals surface area contributed by atoms with Crippen molar-refractivity contribution in [3.63, 3.8) is 0 Å². The molecule has 1 aromatic heterocycles. The van der Waals surface area contributed by atoms with Crippen molar-refractivity contribution in [1.82, 2.24) is 15.5 Å². The molecule has 30 heavy (non-hydrogen) atoms. The molecule has 3 atom stereocenters. The van der Waals surface area contributed by atoms with E-state index >= 15 is 0 Å². The monoisotopic (exact) mass is 425 g/mol. The number of rotatable bonds is 5. The van der Waals surface area contributed by atoms with Gasteiger partial charge >= 0.3 is 12.1 Å². The Balaban J connectivity index is 0.000000335. The molecular formula is C22H30F3N3O2. The van der Waals surface area contributed by atoms with Gasteiger partial charge in [-0.25, -0.2) is 0 Å². The quantitative estimate of drug-likeness (QED) is 0.627. The van der Waals surface area contributed by atoms with Crippen LogP contribution >= 0.6 is 0 Å². The van der Waals surface area contributed by atoms with Crippen LogP contribution in [0.3, 0.4) is 0 Å². The van der Waals surface area contributed by atoms with Gasteiger partial charge in [0.2, 0.25) is 5.82 Å². The third kappa shape index (κ3) is 6.57. The van der Waals surface area contributed by atoms with E-state index in [1.807, 2.05) is 13.8 Å². The molecule has 8 heteroatoms. The fourth-order valence-corrected chi connectivity index (χ4v) is 3.46. The minimum Gasteiger partial charge on any atom is -0.350 e. The molecule has 0 aliphatic heterocycles. The molecule has 1 saturated carbocycles. The fraction of sp³-hybridized carbons (Fsp3) is 0.591. The normalized spacial score (nSPS) is 19.7. The highest BCUT2D eigenvalue weighted by atomic mass is 19.4. The van der Waals surface area contributed by atoms with E-state index < -0.39 is 12.1 Å². The van der Waals surface area contributed by atoms with Crippen molar-refractivity contribution in [2.24, 2.45) is 11.8 Å². The first kappa shape index (κ1) is 23.9. The van der Waals surface area contributed by atoms with Gasteiger partial charge < -0.3 is 9.84 Å². The van der Waals surface area contributed by atoms with Crippen LogP contribution in [0.15, 0.2) is 28.8 Å². The van der Waals surface area contributed by atoms with Crippen molar-refractivity contribution < 1.29 is 22.5 Å². The maximum atomic E-state index is 12.4. The van der Waals surface area contributed by atoms with E-state index in [0.29, 0.717) is 11.1 Å². The number of halogens is 3. The lowest BCUT2D eigenvalue weighted by Crippen LogP contribution is -2.31. The zero-order chi connectivity index (χ0) is 22.3. The maximum absolute atomic E-state index is 12.4. The Morgan fingerprint density at radius 2 is 1.90 bits per heavy atom. The number of hydrogen-bond donors (Lipinski definition) is 1. The van der Waals surface area contributed by atoms with E-state index in [1.54, 1.807) is 0 Å². The first-order valence-electron chi connectivity index (χ1n) is 10.5. The van der Waals surface area contributed by atoms with Crippen LogP contribution in [0.4, 0.5) is 13.2 Å². The first-order valence-corrected chi connectivity index (χ1v) is 10.5. The van der Waals surface area contributed by atoms with Crippen LogP contribution in [-0.4, -0.2) is 22.1 Å². The van der Waals surface area contributed by atoms with Gasteiger partial charge in [-0.05, 0) is 37.3 Å². The number of carbonyl (C=O) groups excluding carboxylic acids is 1. The molecule has 1 N–H and O–H groups in total. The molecule has 166 valence electrons. The Morgan fingerprint density at radius 3 is 2.33 bits per heavy atom. The van der Waals surface area contributed by atoms with Gasteiger partial charge in [-0.2, -0.15) is 18.2 Å². The number of nitrogens with one attached hydrogen (secondary N) is 1. The topological polar surface area (TPSA) is 68.0 Å². The van der Waals surface area contributed by atoms with Gasteiger partial charge in [0.05, 0.1) is 0 Å². The molecule has 3 rings (SSSR count). The van der Waals surface area contributed by atoms with Crippen LogP contribution in [0.2, 0.25) is 0 Å². The fourth-order valence-electron chi connectivity index (χ4n) is 3.46. The van der Waals surface area contributed by atoms with Crippen molar-refractivity contribution in [1.29, 1.82) is 0 Å². The second kappa shape index (κ2) is 10.6. The molecular weight excluding hydrogens is 395 g/mol. The third-order valence-electron chi connectivity index (χ3n) is 5.63. The van der Waals surface area contributed by atoms with Crippen LogP contribution in [0.1, 0.15) is 76.0 Å². The number of nitrogens with zero attached hydrogens (tertiary/aromatic N) is 2. The molecule has 0 saturated heterocycles. The van der Waals surface area contributed by atoms with Gasteiger partial charge in [0.25, 0.3) is 5.91 Å². The SMILES string of the molecule is CCC1CCCC1C.CC[C@@H](C)NC(=O)c1ccc(-c2noc(C(F)(F)F)n2)cc1. The van der Waals surface area contributed by atoms with E-state index in [9.17, 15) is 18.0 Å². The molecule has 1 heterocycles. The second-order valence-electron chi connectivity index (χ2n) is 7.86. The van der Waals surface area contributed by atoms with Gasteiger partial charge in [0.15, 0.2) is 0 Å². The highest BCUT2D eigenvalue weighted by Crippen LogP contribution is 2.33. The number of benzene rings is 1. The lowest BCUT2D eigenvalue weighted by atomic mass is 9.96. The van der Waals surface area contributed by atoms with Crippen LogP contribution in [0.25, 0.3) is 11.4 Å². The molecule has 1 aromatic carbocycles. The largest absolute Gasteiger partial charge is 0.471 e. The Morgan fingerprint density at radius 1 is 1.23 bits per heavy atom. The first-order chi connectivity index (χ1) is 14.2. The standard InChI is InChI=1S/C14H14F3N3O2.C8H16/c1-3-8(2)18-12(21)10-6-4-9(5-7-10)11-19-13(22-20-11)14(15,16)17;1-3-8-6-4-5-7(8)2/h4-8H,3H2,1-2H3,(H,18,21);7-8H,3-6H2,1-2H3/t8-;/m1./s1. The summed E-state index contributed by atoms with van der Waals surface area (Å²) < 4.78 is 41.3. The molecule has 2 aromatic rings. The number of alkyl halides is 3. The summed E-state index contributed by atoms with van der Waals surface area (Å²) in [5.41, 5.74) is 0.739. The van der Waals surface area contributed by atoms with Gasteiger partial charge in [-0.3, -0.25) is 4.79 Å². The molecule has 1 aliphatic rings. The smallest absolute Gasteiger partial charge is 0.350 e. The second-order valence-corrected chi connectivity index (χ2v) is 7.86. The Labute approximate surface area is 175 Å². The number of hydrogen-bond acceptors (Lipinski definition) is 4. The summed E-state index contributed by atoms with van der Waals surface area (Å²) in [5.74, 6) is 0.266. The number of carbonyl (C=O) groups is 1. The van der Waals surface area contributed by atoms with E-state index in [-0.39, 0.29) is 17.8 Å². The van der Waals surface area contributed by atoms with Crippen LogP contribution in [0.5, 0.6) is 0 Å². The Kier molecular flexibility index (Phi) is 8.43. The summed E-state index contributed by atoms with van der Waals surface area (Å²) in [4.78, 5) is 15.2. The van der Waals surface area contributed by atoms with Crippen LogP contribution < -0.4 is 5.32 Å². The molecule has 0 radical (unpaired) electrons. The molecule has 5 nitrogen and oxygen atoms in total. The Bertz CT molecular complexity index is 803. The lowest BCUT2D eigenvalue weighted by molar-refractivity contribution is -0.159. The molecule has 1 fully saturated rings. The molecule has 0 bridgehead atoms. The lowest BCUT2D eigenvalue weighted by Gasteiger charge is -2.11. The van der Waals surface area contributed by atoms with Gasteiger partial charge in [0.1, 0.15) is 0 Å². The van der Waals surface area contributed by atoms with E-state index in [4.69, 9.17) is 0 Å². The van der Waals surface area contributed by atoms with Crippen molar-refractivity contribution >= 4 is 5.91 Å². The van der Waals surface area contributed by atoms with Crippen molar-refractivity contribution in [2.75, 3.05) is 0 Å². The third-order valence-corrected chi connectivity index (χ3v) is 5.63. The predicted molar refractivity (Wildman–Crippen MR) is 109 cm³/mol. The predicted octanol–water partition coefficient (Wildman–Crippen LogP) is 6.12. The van der Waals surface area contributed by atoms with Crippen LogP contribution in [-0.2, 0) is 6.18 Å². The number of amides is 1. The molecule has 1 aliphatic carbocycles. The van der Waals surface area contributed by atoms with Gasteiger partial charge in [-0.15, -0.1) is 0 Å². The number of aromatic nitrogens is 2. The summed E-state index contributed by atoms with van der Waals surface area (Å²) in [6.45, 7) is 8.53. The zero-order valence-electron chi connectivity index (χ0n) is 17.9. The highest BCUT2D eigenvalue weighted by Gasteiger charge is 2.38. The minimum absolute atomic E-state index is 0.0405. The van der Waals surface area contributed by atoms with Crippen molar-refractivity contribution in [3.05, 3.63) is 35.7 Å². The zero-order valence-corrected chi connectivity index (χ0v) is 17.9. The van der Waals surface area contributed by atoms with E-state index in [1.165, 1.54) is 49.9 Å². The summed E-state index contributed by atoms with van der Waals surface area (Å²) >= 11 is 0. The van der Waals surface area contributed by atoms with Gasteiger partial charge in [0, 0.05) is 17.2 Å². The average molecular weight is 425 g/mol. The summed E-state index contributed by atoms with van der Waals surface area (Å²) in [7, 11) is 0. The summed E-state index contributed by atoms with van der Waals surface area (Å²) in [6.07, 6.45) is 1.99.